The zero-order chi connectivity index (χ0) is 12.5. The zero-order valence-electron chi connectivity index (χ0n) is 9.25. The van der Waals surface area contributed by atoms with E-state index in [-0.39, 0.29) is 11.7 Å². The third-order valence-electron chi connectivity index (χ3n) is 2.64. The van der Waals surface area contributed by atoms with Gasteiger partial charge in [0.15, 0.2) is 0 Å². The molecule has 3 aromatic rings. The summed E-state index contributed by atoms with van der Waals surface area (Å²) in [6.45, 7) is 0. The molecule has 0 bridgehead atoms. The van der Waals surface area contributed by atoms with Crippen molar-refractivity contribution in [3.63, 3.8) is 0 Å². The number of fused-ring (bicyclic) bond motifs is 1. The van der Waals surface area contributed by atoms with Gasteiger partial charge >= 0.3 is 0 Å². The first-order valence-corrected chi connectivity index (χ1v) is 5.36. The number of halogens is 1. The van der Waals surface area contributed by atoms with Gasteiger partial charge in [0.05, 0.1) is 5.52 Å². The normalized spacial score (nSPS) is 10.7. The number of aromatic nitrogens is 3. The minimum Gasteiger partial charge on any atom is -0.267 e. The fourth-order valence-corrected chi connectivity index (χ4v) is 1.73. The van der Waals surface area contributed by atoms with Crippen LogP contribution in [0.4, 0.5) is 4.39 Å². The van der Waals surface area contributed by atoms with Gasteiger partial charge in [0.1, 0.15) is 11.3 Å². The lowest BCUT2D eigenvalue weighted by atomic mass is 10.2. The third kappa shape index (κ3) is 1.66. The summed E-state index contributed by atoms with van der Waals surface area (Å²) >= 11 is 0. The number of hydrogen-bond acceptors (Lipinski definition) is 3. The van der Waals surface area contributed by atoms with Gasteiger partial charge in [0, 0.05) is 5.56 Å². The Morgan fingerprint density at radius 2 is 1.78 bits per heavy atom. The monoisotopic (exact) mass is 241 g/mol. The molecule has 3 rings (SSSR count). The molecule has 88 valence electrons. The summed E-state index contributed by atoms with van der Waals surface area (Å²) in [4.78, 5) is 12.2. The minimum atomic E-state index is -0.380. The highest BCUT2D eigenvalue weighted by molar-refractivity contribution is 6.00. The molecule has 0 amide bonds. The maximum atomic E-state index is 12.8. The first-order valence-electron chi connectivity index (χ1n) is 5.36. The van der Waals surface area contributed by atoms with E-state index in [0.717, 1.165) is 0 Å². The molecule has 0 radical (unpaired) electrons. The molecule has 18 heavy (non-hydrogen) atoms. The Hall–Kier alpha value is -2.56. The molecule has 0 atom stereocenters. The molecule has 0 aliphatic heterocycles. The van der Waals surface area contributed by atoms with Crippen LogP contribution in [0.2, 0.25) is 0 Å². The van der Waals surface area contributed by atoms with Gasteiger partial charge in [0.25, 0.3) is 5.91 Å². The van der Waals surface area contributed by atoms with Gasteiger partial charge in [-0.25, -0.2) is 4.39 Å². The van der Waals surface area contributed by atoms with Gasteiger partial charge < -0.3 is 0 Å². The Kier molecular flexibility index (Phi) is 2.37. The third-order valence-corrected chi connectivity index (χ3v) is 2.64. The van der Waals surface area contributed by atoms with Crippen LogP contribution in [0.15, 0.2) is 48.5 Å². The van der Waals surface area contributed by atoms with Gasteiger partial charge in [-0.1, -0.05) is 17.3 Å². The summed E-state index contributed by atoms with van der Waals surface area (Å²) in [7, 11) is 0. The molecule has 0 saturated heterocycles. The van der Waals surface area contributed by atoms with Crippen molar-refractivity contribution in [2.45, 2.75) is 0 Å². The molecule has 0 N–H and O–H groups in total. The molecule has 5 heteroatoms. The van der Waals surface area contributed by atoms with E-state index in [2.05, 4.69) is 10.3 Å². The van der Waals surface area contributed by atoms with Crippen molar-refractivity contribution in [3.05, 3.63) is 59.9 Å². The minimum absolute atomic E-state index is 0.330. The molecular weight excluding hydrogens is 233 g/mol. The van der Waals surface area contributed by atoms with E-state index in [4.69, 9.17) is 0 Å². The average Bonchev–Trinajstić information content (AvgIpc) is 2.82. The lowest BCUT2D eigenvalue weighted by Crippen LogP contribution is -2.13. The first kappa shape index (κ1) is 10.6. The standard InChI is InChI=1S/C13H8FN3O/c14-10-7-5-9(6-8-10)13(18)17-12-4-2-1-3-11(12)15-16-17/h1-8H. The van der Waals surface area contributed by atoms with Crippen LogP contribution in [0.1, 0.15) is 10.4 Å². The maximum Gasteiger partial charge on any atom is 0.280 e. The van der Waals surface area contributed by atoms with Crippen LogP contribution in [-0.4, -0.2) is 20.9 Å². The van der Waals surface area contributed by atoms with E-state index in [0.29, 0.717) is 16.6 Å². The highest BCUT2D eigenvalue weighted by atomic mass is 19.1. The van der Waals surface area contributed by atoms with Crippen LogP contribution in [0.5, 0.6) is 0 Å². The fourth-order valence-electron chi connectivity index (χ4n) is 1.73. The lowest BCUT2D eigenvalue weighted by molar-refractivity contribution is 0.0948. The van der Waals surface area contributed by atoms with E-state index >= 15 is 0 Å². The Morgan fingerprint density at radius 3 is 2.56 bits per heavy atom. The van der Waals surface area contributed by atoms with Gasteiger partial charge in [-0.15, -0.1) is 5.10 Å². The van der Waals surface area contributed by atoms with Crippen molar-refractivity contribution < 1.29 is 9.18 Å². The van der Waals surface area contributed by atoms with Crippen LogP contribution < -0.4 is 0 Å². The smallest absolute Gasteiger partial charge is 0.267 e. The molecule has 0 aliphatic rings. The molecule has 1 heterocycles. The van der Waals surface area contributed by atoms with Crippen LogP contribution in [-0.2, 0) is 0 Å². The van der Waals surface area contributed by atoms with Crippen molar-refractivity contribution in [2.75, 3.05) is 0 Å². The van der Waals surface area contributed by atoms with Crippen LogP contribution in [0, 0.1) is 5.82 Å². The Labute approximate surface area is 102 Å². The Balaban J connectivity index is 2.09. The SMILES string of the molecule is O=C(c1ccc(F)cc1)n1nnc2ccccc21. The average molecular weight is 241 g/mol. The highest BCUT2D eigenvalue weighted by Gasteiger charge is 2.13. The number of nitrogens with zero attached hydrogens (tertiary/aromatic N) is 3. The second kappa shape index (κ2) is 4.03. The van der Waals surface area contributed by atoms with Crippen LogP contribution in [0.3, 0.4) is 0 Å². The summed E-state index contributed by atoms with van der Waals surface area (Å²) < 4.78 is 14.0. The van der Waals surface area contributed by atoms with Crippen molar-refractivity contribution in [1.29, 1.82) is 0 Å². The quantitative estimate of drug-likeness (QED) is 0.656. The van der Waals surface area contributed by atoms with Crippen LogP contribution in [0.25, 0.3) is 11.0 Å². The molecule has 1 aromatic heterocycles. The molecule has 0 saturated carbocycles. The number of carbonyl (C=O) groups is 1. The summed E-state index contributed by atoms with van der Waals surface area (Å²) in [5.74, 6) is -0.710. The first-order chi connectivity index (χ1) is 8.75. The number of hydrogen-bond donors (Lipinski definition) is 0. The largest absolute Gasteiger partial charge is 0.280 e. The molecule has 0 spiro atoms. The fraction of sp³-hybridized carbons (Fsp3) is 0. The van der Waals surface area contributed by atoms with Crippen molar-refractivity contribution in [3.8, 4) is 0 Å². The molecule has 0 aliphatic carbocycles. The number of carbonyl (C=O) groups excluding carboxylic acids is 1. The molecule has 2 aromatic carbocycles. The Bertz CT molecular complexity index is 718. The van der Waals surface area contributed by atoms with E-state index in [1.165, 1.54) is 28.9 Å². The Morgan fingerprint density at radius 1 is 1.06 bits per heavy atom. The number of para-hydroxylation sites is 1. The van der Waals surface area contributed by atoms with Gasteiger partial charge in [-0.3, -0.25) is 4.79 Å². The molecule has 0 unspecified atom stereocenters. The van der Waals surface area contributed by atoms with Crippen molar-refractivity contribution in [2.24, 2.45) is 0 Å². The van der Waals surface area contributed by atoms with E-state index < -0.39 is 0 Å². The van der Waals surface area contributed by atoms with Gasteiger partial charge in [0.2, 0.25) is 0 Å². The second-order valence-corrected chi connectivity index (χ2v) is 3.80. The second-order valence-electron chi connectivity index (χ2n) is 3.80. The number of rotatable bonds is 1. The van der Waals surface area contributed by atoms with Gasteiger partial charge in [-0.05, 0) is 36.4 Å². The summed E-state index contributed by atoms with van der Waals surface area (Å²) in [5.41, 5.74) is 1.65. The molecule has 4 nitrogen and oxygen atoms in total. The zero-order valence-corrected chi connectivity index (χ0v) is 9.25. The predicted octanol–water partition coefficient (Wildman–Crippen LogP) is 2.26. The lowest BCUT2D eigenvalue weighted by Gasteiger charge is -2.00. The van der Waals surface area contributed by atoms with Crippen molar-refractivity contribution >= 4 is 16.9 Å². The summed E-state index contributed by atoms with van der Waals surface area (Å²) in [5, 5.41) is 7.72. The summed E-state index contributed by atoms with van der Waals surface area (Å²) in [6, 6.07) is 12.5. The molecular formula is C13H8FN3O. The highest BCUT2D eigenvalue weighted by Crippen LogP contribution is 2.12. The topological polar surface area (TPSA) is 47.8 Å². The van der Waals surface area contributed by atoms with Gasteiger partial charge in [-0.2, -0.15) is 4.68 Å². The van der Waals surface area contributed by atoms with E-state index in [1.807, 2.05) is 6.07 Å². The van der Waals surface area contributed by atoms with E-state index in [9.17, 15) is 9.18 Å². The molecule has 0 fully saturated rings. The number of benzene rings is 2. The van der Waals surface area contributed by atoms with Crippen LogP contribution >= 0.6 is 0 Å². The maximum absolute atomic E-state index is 12.8. The van der Waals surface area contributed by atoms with Crippen molar-refractivity contribution in [1.82, 2.24) is 15.0 Å². The predicted molar refractivity (Wildman–Crippen MR) is 63.7 cm³/mol. The summed E-state index contributed by atoms with van der Waals surface area (Å²) in [6.07, 6.45) is 0. The van der Waals surface area contributed by atoms with E-state index in [1.54, 1.807) is 18.2 Å².